The highest BCUT2D eigenvalue weighted by atomic mass is 16.5. The molecule has 1 aromatic rings. The summed E-state index contributed by atoms with van der Waals surface area (Å²) in [7, 11) is 1.77. The van der Waals surface area contributed by atoms with Crippen LogP contribution in [0.2, 0.25) is 0 Å². The molecule has 2 amide bonds. The fraction of sp³-hybridized carbons (Fsp3) is 0.529. The summed E-state index contributed by atoms with van der Waals surface area (Å²) in [4.78, 5) is 27.8. The first-order valence-corrected chi connectivity index (χ1v) is 8.13. The fourth-order valence-corrected chi connectivity index (χ4v) is 3.23. The highest BCUT2D eigenvalue weighted by Crippen LogP contribution is 2.30. The van der Waals surface area contributed by atoms with Crippen LogP contribution in [-0.2, 0) is 9.53 Å². The molecule has 2 aliphatic heterocycles. The Morgan fingerprint density at radius 3 is 3.00 bits per heavy atom. The van der Waals surface area contributed by atoms with E-state index in [4.69, 9.17) is 15.2 Å². The number of nitrogens with two attached hydrogens (primary N) is 1. The Morgan fingerprint density at radius 2 is 2.25 bits per heavy atom. The van der Waals surface area contributed by atoms with E-state index in [2.05, 4.69) is 0 Å². The van der Waals surface area contributed by atoms with Crippen molar-refractivity contribution in [3.63, 3.8) is 0 Å². The average Bonchev–Trinajstić information content (AvgIpc) is 3.00. The first kappa shape index (κ1) is 16.7. The largest absolute Gasteiger partial charge is 0.492 e. The minimum Gasteiger partial charge on any atom is -0.492 e. The van der Waals surface area contributed by atoms with Gasteiger partial charge in [0.25, 0.3) is 5.91 Å². The number of benzene rings is 1. The highest BCUT2D eigenvalue weighted by Gasteiger charge is 2.45. The molecular formula is C17H23N3O4. The standard InChI is InChI=1S/C17H23N3O4/c1-19-11-17(24-10-15(19)21)5-7-20(12-17)16(22)13-3-2-4-14(9-13)23-8-6-18/h2-4,9H,5-8,10-12,18H2,1H3/t17-/m1/s1. The van der Waals surface area contributed by atoms with Gasteiger partial charge in [0.05, 0.1) is 13.1 Å². The number of likely N-dealkylation sites (N-methyl/N-ethyl adjacent to an activating group) is 1. The van der Waals surface area contributed by atoms with E-state index < -0.39 is 5.60 Å². The van der Waals surface area contributed by atoms with Crippen molar-refractivity contribution < 1.29 is 19.1 Å². The van der Waals surface area contributed by atoms with E-state index in [0.29, 0.717) is 44.1 Å². The smallest absolute Gasteiger partial charge is 0.254 e. The fourth-order valence-electron chi connectivity index (χ4n) is 3.23. The summed E-state index contributed by atoms with van der Waals surface area (Å²) in [6, 6.07) is 7.12. The van der Waals surface area contributed by atoms with Crippen molar-refractivity contribution in [2.24, 2.45) is 5.73 Å². The van der Waals surface area contributed by atoms with Gasteiger partial charge in [-0.2, -0.15) is 0 Å². The minimum atomic E-state index is -0.439. The van der Waals surface area contributed by atoms with Gasteiger partial charge < -0.3 is 25.0 Å². The molecule has 0 bridgehead atoms. The number of carbonyl (C=O) groups excluding carboxylic acids is 2. The van der Waals surface area contributed by atoms with Crippen LogP contribution >= 0.6 is 0 Å². The van der Waals surface area contributed by atoms with E-state index >= 15 is 0 Å². The van der Waals surface area contributed by atoms with Gasteiger partial charge in [-0.3, -0.25) is 9.59 Å². The number of hydrogen-bond acceptors (Lipinski definition) is 5. The molecule has 1 atom stereocenters. The molecule has 2 N–H and O–H groups in total. The van der Waals surface area contributed by atoms with Crippen molar-refractivity contribution in [1.29, 1.82) is 0 Å². The van der Waals surface area contributed by atoms with Crippen LogP contribution in [0.3, 0.4) is 0 Å². The zero-order valence-electron chi connectivity index (χ0n) is 13.9. The van der Waals surface area contributed by atoms with Crippen LogP contribution in [0.4, 0.5) is 0 Å². The molecule has 0 aromatic heterocycles. The number of hydrogen-bond donors (Lipinski definition) is 1. The van der Waals surface area contributed by atoms with Crippen molar-refractivity contribution in [3.05, 3.63) is 29.8 Å². The maximum Gasteiger partial charge on any atom is 0.254 e. The third kappa shape index (κ3) is 3.37. The molecule has 0 aliphatic carbocycles. The lowest BCUT2D eigenvalue weighted by atomic mass is 10.0. The molecule has 1 spiro atoms. The Hall–Kier alpha value is -2.12. The quantitative estimate of drug-likeness (QED) is 0.844. The van der Waals surface area contributed by atoms with Gasteiger partial charge in [-0.25, -0.2) is 0 Å². The summed E-state index contributed by atoms with van der Waals surface area (Å²) >= 11 is 0. The van der Waals surface area contributed by atoms with Gasteiger partial charge in [-0.1, -0.05) is 6.07 Å². The first-order valence-electron chi connectivity index (χ1n) is 8.13. The van der Waals surface area contributed by atoms with Gasteiger partial charge in [-0.15, -0.1) is 0 Å². The van der Waals surface area contributed by atoms with Gasteiger partial charge in [0, 0.05) is 25.7 Å². The zero-order valence-corrected chi connectivity index (χ0v) is 13.9. The van der Waals surface area contributed by atoms with Crippen LogP contribution in [0.15, 0.2) is 24.3 Å². The number of ether oxygens (including phenoxy) is 2. The molecule has 0 radical (unpaired) electrons. The van der Waals surface area contributed by atoms with Gasteiger partial charge >= 0.3 is 0 Å². The van der Waals surface area contributed by atoms with Crippen LogP contribution in [0.1, 0.15) is 16.8 Å². The molecular weight excluding hydrogens is 310 g/mol. The molecule has 24 heavy (non-hydrogen) atoms. The van der Waals surface area contributed by atoms with Crippen LogP contribution in [0.25, 0.3) is 0 Å². The maximum atomic E-state index is 12.8. The lowest BCUT2D eigenvalue weighted by molar-refractivity contribution is -0.158. The number of likely N-dealkylation sites (tertiary alicyclic amines) is 1. The van der Waals surface area contributed by atoms with Gasteiger partial charge in [-0.05, 0) is 24.6 Å². The van der Waals surface area contributed by atoms with Gasteiger partial charge in [0.1, 0.15) is 24.6 Å². The van der Waals surface area contributed by atoms with E-state index in [1.54, 1.807) is 35.0 Å². The van der Waals surface area contributed by atoms with Gasteiger partial charge in [0.15, 0.2) is 0 Å². The third-order valence-corrected chi connectivity index (χ3v) is 4.52. The molecule has 130 valence electrons. The van der Waals surface area contributed by atoms with Crippen LogP contribution in [-0.4, -0.2) is 73.7 Å². The average molecular weight is 333 g/mol. The Balaban J connectivity index is 1.67. The summed E-state index contributed by atoms with van der Waals surface area (Å²) in [6.07, 6.45) is 0.736. The molecule has 2 saturated heterocycles. The second kappa shape index (κ2) is 6.78. The number of carbonyl (C=O) groups is 2. The summed E-state index contributed by atoms with van der Waals surface area (Å²) < 4.78 is 11.3. The normalized spacial score (nSPS) is 23.8. The summed E-state index contributed by atoms with van der Waals surface area (Å²) in [5, 5.41) is 0. The monoisotopic (exact) mass is 333 g/mol. The molecule has 1 aromatic carbocycles. The lowest BCUT2D eigenvalue weighted by Gasteiger charge is -2.38. The second-order valence-corrected chi connectivity index (χ2v) is 6.36. The summed E-state index contributed by atoms with van der Waals surface area (Å²) in [6.45, 7) is 2.57. The van der Waals surface area contributed by atoms with Crippen LogP contribution in [0.5, 0.6) is 5.75 Å². The highest BCUT2D eigenvalue weighted by molar-refractivity contribution is 5.95. The lowest BCUT2D eigenvalue weighted by Crippen LogP contribution is -2.54. The van der Waals surface area contributed by atoms with E-state index in [0.717, 1.165) is 6.42 Å². The van der Waals surface area contributed by atoms with Crippen molar-refractivity contribution in [2.45, 2.75) is 12.0 Å². The Labute approximate surface area is 141 Å². The molecule has 2 aliphatic rings. The predicted molar refractivity (Wildman–Crippen MR) is 87.8 cm³/mol. The first-order chi connectivity index (χ1) is 11.5. The third-order valence-electron chi connectivity index (χ3n) is 4.52. The van der Waals surface area contributed by atoms with Crippen LogP contribution in [0, 0.1) is 0 Å². The van der Waals surface area contributed by atoms with E-state index in [-0.39, 0.29) is 18.4 Å². The molecule has 0 unspecified atom stereocenters. The van der Waals surface area contributed by atoms with E-state index in [1.165, 1.54) is 0 Å². The Morgan fingerprint density at radius 1 is 1.42 bits per heavy atom. The van der Waals surface area contributed by atoms with E-state index in [9.17, 15) is 9.59 Å². The molecule has 3 rings (SSSR count). The van der Waals surface area contributed by atoms with Crippen molar-refractivity contribution >= 4 is 11.8 Å². The topological polar surface area (TPSA) is 85.1 Å². The molecule has 2 heterocycles. The minimum absolute atomic E-state index is 0.0184. The summed E-state index contributed by atoms with van der Waals surface area (Å²) in [5.41, 5.74) is 5.58. The maximum absolute atomic E-state index is 12.8. The number of amides is 2. The Bertz CT molecular complexity index is 636. The van der Waals surface area contributed by atoms with Crippen molar-refractivity contribution in [1.82, 2.24) is 9.80 Å². The molecule has 7 nitrogen and oxygen atoms in total. The molecule has 7 heteroatoms. The van der Waals surface area contributed by atoms with Gasteiger partial charge in [0.2, 0.25) is 5.91 Å². The van der Waals surface area contributed by atoms with Crippen molar-refractivity contribution in [2.75, 3.05) is 46.4 Å². The predicted octanol–water partition coefficient (Wildman–Crippen LogP) is 0.0974. The van der Waals surface area contributed by atoms with E-state index in [1.807, 2.05) is 6.07 Å². The number of rotatable bonds is 4. The zero-order chi connectivity index (χ0) is 17.2. The Kier molecular flexibility index (Phi) is 4.73. The number of nitrogens with zero attached hydrogens (tertiary/aromatic N) is 2. The number of morpholine rings is 1. The second-order valence-electron chi connectivity index (χ2n) is 6.36. The summed E-state index contributed by atoms with van der Waals surface area (Å²) in [5.74, 6) is 0.572. The van der Waals surface area contributed by atoms with Crippen molar-refractivity contribution in [3.8, 4) is 5.75 Å². The molecule has 2 fully saturated rings. The SMILES string of the molecule is CN1C[C@@]2(CCN(C(=O)c3cccc(OCCN)c3)C2)OCC1=O. The molecule has 0 saturated carbocycles. The van der Waals surface area contributed by atoms with Crippen LogP contribution < -0.4 is 10.5 Å².